The maximum atomic E-state index is 11.6. The number of nitrogens with two attached hydrogens (primary N) is 2. The average Bonchev–Trinajstić information content (AvgIpc) is 2.59. The highest BCUT2D eigenvalue weighted by atomic mass is 16.3. The van der Waals surface area contributed by atoms with Crippen LogP contribution >= 0.6 is 0 Å². The van der Waals surface area contributed by atoms with E-state index in [0.717, 1.165) is 6.42 Å². The standard InChI is InChI=1S/C12H22N2O3/c1-7(11(2,3)17)8-5-4-6-12(8,9(13)15)10(14)16/h7-8,17H,4-6H2,1-3H3,(H2,13,15)(H2,14,16)/t7-,8?/m1/s1. The van der Waals surface area contributed by atoms with Gasteiger partial charge in [-0.15, -0.1) is 0 Å². The Morgan fingerprint density at radius 3 is 2.18 bits per heavy atom. The van der Waals surface area contributed by atoms with Crippen LogP contribution in [0, 0.1) is 17.3 Å². The number of carbonyl (C=O) groups excluding carboxylic acids is 2. The third-order valence-electron chi connectivity index (χ3n) is 4.32. The van der Waals surface area contributed by atoms with Gasteiger partial charge in [0, 0.05) is 0 Å². The Kier molecular flexibility index (Phi) is 3.52. The highest BCUT2D eigenvalue weighted by Crippen LogP contribution is 2.49. The van der Waals surface area contributed by atoms with Crippen LogP contribution in [0.25, 0.3) is 0 Å². The molecule has 0 radical (unpaired) electrons. The van der Waals surface area contributed by atoms with E-state index in [2.05, 4.69) is 0 Å². The average molecular weight is 242 g/mol. The Hall–Kier alpha value is -1.10. The molecule has 5 nitrogen and oxygen atoms in total. The molecule has 98 valence electrons. The molecule has 1 unspecified atom stereocenters. The Balaban J connectivity index is 3.15. The summed E-state index contributed by atoms with van der Waals surface area (Å²) in [5.74, 6) is -1.82. The molecular formula is C12H22N2O3. The molecule has 1 rings (SSSR count). The van der Waals surface area contributed by atoms with Crippen LogP contribution in [0.15, 0.2) is 0 Å². The minimum atomic E-state index is -1.29. The topological polar surface area (TPSA) is 106 Å². The van der Waals surface area contributed by atoms with Crippen molar-refractivity contribution in [1.29, 1.82) is 0 Å². The van der Waals surface area contributed by atoms with Crippen LogP contribution in [0.5, 0.6) is 0 Å². The molecule has 0 aromatic rings. The predicted molar refractivity (Wildman–Crippen MR) is 63.6 cm³/mol. The molecule has 0 heterocycles. The highest BCUT2D eigenvalue weighted by molar-refractivity contribution is 6.04. The van der Waals surface area contributed by atoms with Gasteiger partial charge in [0.05, 0.1) is 5.60 Å². The van der Waals surface area contributed by atoms with Gasteiger partial charge in [-0.3, -0.25) is 9.59 Å². The van der Waals surface area contributed by atoms with Crippen molar-refractivity contribution in [3.63, 3.8) is 0 Å². The second-order valence-electron chi connectivity index (χ2n) is 5.64. The molecular weight excluding hydrogens is 220 g/mol. The normalized spacial score (nSPS) is 25.5. The van der Waals surface area contributed by atoms with E-state index < -0.39 is 22.8 Å². The molecule has 0 aromatic heterocycles. The molecule has 2 amide bonds. The minimum absolute atomic E-state index is 0.218. The SMILES string of the molecule is C[C@H](C1CCCC1(C(N)=O)C(N)=O)C(C)(C)O. The van der Waals surface area contributed by atoms with E-state index in [0.29, 0.717) is 12.8 Å². The van der Waals surface area contributed by atoms with Gasteiger partial charge in [-0.2, -0.15) is 0 Å². The van der Waals surface area contributed by atoms with E-state index in [9.17, 15) is 14.7 Å². The van der Waals surface area contributed by atoms with Crippen LogP contribution in [0.1, 0.15) is 40.0 Å². The Morgan fingerprint density at radius 1 is 1.35 bits per heavy atom. The summed E-state index contributed by atoms with van der Waals surface area (Å²) in [6.07, 6.45) is 1.82. The number of carbonyl (C=O) groups is 2. The van der Waals surface area contributed by atoms with Crippen LogP contribution in [-0.2, 0) is 9.59 Å². The molecule has 0 saturated heterocycles. The summed E-state index contributed by atoms with van der Waals surface area (Å²) in [5, 5.41) is 10.0. The number of primary amides is 2. The van der Waals surface area contributed by atoms with Gasteiger partial charge >= 0.3 is 0 Å². The van der Waals surface area contributed by atoms with Gasteiger partial charge in [0.2, 0.25) is 11.8 Å². The van der Waals surface area contributed by atoms with E-state index in [4.69, 9.17) is 11.5 Å². The lowest BCUT2D eigenvalue weighted by atomic mass is 9.67. The number of rotatable bonds is 4. The lowest BCUT2D eigenvalue weighted by Crippen LogP contribution is -2.54. The van der Waals surface area contributed by atoms with Crippen molar-refractivity contribution in [2.24, 2.45) is 28.7 Å². The van der Waals surface area contributed by atoms with E-state index in [1.165, 1.54) is 0 Å². The van der Waals surface area contributed by atoms with Gasteiger partial charge in [-0.25, -0.2) is 0 Å². The monoisotopic (exact) mass is 242 g/mol. The number of amides is 2. The summed E-state index contributed by atoms with van der Waals surface area (Å²) < 4.78 is 0. The van der Waals surface area contributed by atoms with E-state index in [1.54, 1.807) is 13.8 Å². The summed E-state index contributed by atoms with van der Waals surface area (Å²) >= 11 is 0. The summed E-state index contributed by atoms with van der Waals surface area (Å²) in [7, 11) is 0. The largest absolute Gasteiger partial charge is 0.390 e. The lowest BCUT2D eigenvalue weighted by Gasteiger charge is -2.38. The molecule has 0 spiro atoms. The molecule has 2 atom stereocenters. The van der Waals surface area contributed by atoms with Crippen LogP contribution in [-0.4, -0.2) is 22.5 Å². The van der Waals surface area contributed by atoms with Crippen molar-refractivity contribution in [3.8, 4) is 0 Å². The number of aliphatic hydroxyl groups is 1. The van der Waals surface area contributed by atoms with Crippen molar-refractivity contribution in [2.75, 3.05) is 0 Å². The maximum absolute atomic E-state index is 11.6. The first kappa shape index (κ1) is 14.0. The number of hydrogen-bond donors (Lipinski definition) is 3. The quantitative estimate of drug-likeness (QED) is 0.611. The van der Waals surface area contributed by atoms with Gasteiger partial charge in [-0.1, -0.05) is 13.3 Å². The van der Waals surface area contributed by atoms with E-state index >= 15 is 0 Å². The Labute approximate surface area is 102 Å². The van der Waals surface area contributed by atoms with Crippen LogP contribution < -0.4 is 11.5 Å². The maximum Gasteiger partial charge on any atom is 0.233 e. The summed E-state index contributed by atoms with van der Waals surface area (Å²) in [4.78, 5) is 23.3. The Bertz CT molecular complexity index is 319. The first-order valence-corrected chi connectivity index (χ1v) is 5.96. The molecule has 5 N–H and O–H groups in total. The fourth-order valence-corrected chi connectivity index (χ4v) is 2.94. The minimum Gasteiger partial charge on any atom is -0.390 e. The van der Waals surface area contributed by atoms with Crippen LogP contribution in [0.2, 0.25) is 0 Å². The van der Waals surface area contributed by atoms with E-state index in [1.807, 2.05) is 6.92 Å². The first-order chi connectivity index (χ1) is 7.64. The van der Waals surface area contributed by atoms with Gasteiger partial charge in [-0.05, 0) is 38.5 Å². The molecule has 17 heavy (non-hydrogen) atoms. The second kappa shape index (κ2) is 4.29. The predicted octanol–water partition coefficient (Wildman–Crippen LogP) is 0.151. The smallest absolute Gasteiger partial charge is 0.233 e. The summed E-state index contributed by atoms with van der Waals surface area (Å²) in [5.41, 5.74) is 8.51. The zero-order valence-corrected chi connectivity index (χ0v) is 10.7. The zero-order chi connectivity index (χ0) is 13.4. The Morgan fingerprint density at radius 2 is 1.82 bits per heavy atom. The van der Waals surface area contributed by atoms with Crippen molar-refractivity contribution in [1.82, 2.24) is 0 Å². The zero-order valence-electron chi connectivity index (χ0n) is 10.7. The molecule has 1 saturated carbocycles. The van der Waals surface area contributed by atoms with Crippen LogP contribution in [0.4, 0.5) is 0 Å². The molecule has 1 fully saturated rings. The van der Waals surface area contributed by atoms with Crippen LogP contribution in [0.3, 0.4) is 0 Å². The van der Waals surface area contributed by atoms with Crippen molar-refractivity contribution in [2.45, 2.75) is 45.6 Å². The van der Waals surface area contributed by atoms with Crippen molar-refractivity contribution < 1.29 is 14.7 Å². The molecule has 1 aliphatic carbocycles. The number of hydrogen-bond acceptors (Lipinski definition) is 3. The molecule has 0 bridgehead atoms. The lowest BCUT2D eigenvalue weighted by molar-refractivity contribution is -0.146. The molecule has 5 heteroatoms. The summed E-state index contributed by atoms with van der Waals surface area (Å²) in [6.45, 7) is 5.17. The first-order valence-electron chi connectivity index (χ1n) is 5.96. The van der Waals surface area contributed by atoms with Gasteiger partial charge in [0.25, 0.3) is 0 Å². The van der Waals surface area contributed by atoms with Crippen molar-refractivity contribution >= 4 is 11.8 Å². The van der Waals surface area contributed by atoms with Crippen molar-refractivity contribution in [3.05, 3.63) is 0 Å². The fourth-order valence-electron chi connectivity index (χ4n) is 2.94. The molecule has 1 aliphatic rings. The fraction of sp³-hybridized carbons (Fsp3) is 0.833. The highest BCUT2D eigenvalue weighted by Gasteiger charge is 2.56. The van der Waals surface area contributed by atoms with Gasteiger partial charge in [0.15, 0.2) is 0 Å². The van der Waals surface area contributed by atoms with Gasteiger partial charge in [0.1, 0.15) is 5.41 Å². The third-order valence-corrected chi connectivity index (χ3v) is 4.32. The second-order valence-corrected chi connectivity index (χ2v) is 5.64. The molecule has 0 aliphatic heterocycles. The summed E-state index contributed by atoms with van der Waals surface area (Å²) in [6, 6.07) is 0. The van der Waals surface area contributed by atoms with Gasteiger partial charge < -0.3 is 16.6 Å². The third kappa shape index (κ3) is 2.16. The van der Waals surface area contributed by atoms with E-state index in [-0.39, 0.29) is 11.8 Å². The molecule has 0 aromatic carbocycles.